The Hall–Kier alpha value is -2.57. The Labute approximate surface area is 153 Å². The lowest BCUT2D eigenvalue weighted by Crippen LogP contribution is -2.51. The highest BCUT2D eigenvalue weighted by molar-refractivity contribution is 5.96. The first-order valence-electron chi connectivity index (χ1n) is 9.22. The van der Waals surface area contributed by atoms with Crippen molar-refractivity contribution in [3.05, 3.63) is 54.4 Å². The summed E-state index contributed by atoms with van der Waals surface area (Å²) in [6.45, 7) is 2.99. The van der Waals surface area contributed by atoms with Crippen molar-refractivity contribution in [2.75, 3.05) is 30.4 Å². The zero-order valence-corrected chi connectivity index (χ0v) is 14.9. The monoisotopic (exact) mass is 350 g/mol. The molecule has 0 saturated carbocycles. The van der Waals surface area contributed by atoms with Crippen molar-refractivity contribution in [3.63, 3.8) is 0 Å². The first-order valence-corrected chi connectivity index (χ1v) is 9.22. The predicted molar refractivity (Wildman–Crippen MR) is 108 cm³/mol. The molecule has 1 atom stereocenters. The highest BCUT2D eigenvalue weighted by atomic mass is 15.4. The molecule has 0 aromatic carbocycles. The van der Waals surface area contributed by atoms with Gasteiger partial charge in [-0.05, 0) is 37.4 Å². The van der Waals surface area contributed by atoms with Crippen molar-refractivity contribution in [2.45, 2.75) is 25.3 Å². The quantitative estimate of drug-likeness (QED) is 0.583. The van der Waals surface area contributed by atoms with Crippen LogP contribution in [0.5, 0.6) is 0 Å². The van der Waals surface area contributed by atoms with Crippen LogP contribution in [0.4, 0.5) is 11.4 Å². The minimum Gasteiger partial charge on any atom is -0.396 e. The third kappa shape index (κ3) is 3.38. The molecule has 5 N–H and O–H groups in total. The van der Waals surface area contributed by atoms with Crippen LogP contribution < -0.4 is 16.6 Å². The van der Waals surface area contributed by atoms with Crippen LogP contribution in [0.15, 0.2) is 54.4 Å². The van der Waals surface area contributed by atoms with Gasteiger partial charge >= 0.3 is 0 Å². The molecule has 136 valence electrons. The predicted octanol–water partition coefficient (Wildman–Crippen LogP) is 2.73. The molecule has 2 aromatic heterocycles. The summed E-state index contributed by atoms with van der Waals surface area (Å²) in [4.78, 5) is 9.95. The SMILES string of the molecule is Nc1cnc2[nH]ccc2c1N(N)[C@@H]1CCCN(CC2=CC=CCC=C2)C1. The Kier molecular flexibility index (Phi) is 4.77. The molecule has 2 aliphatic rings. The summed E-state index contributed by atoms with van der Waals surface area (Å²) in [7, 11) is 0. The topological polar surface area (TPSA) is 87.2 Å². The van der Waals surface area contributed by atoms with Gasteiger partial charge in [0.25, 0.3) is 0 Å². The van der Waals surface area contributed by atoms with Crippen molar-refractivity contribution in [1.29, 1.82) is 0 Å². The van der Waals surface area contributed by atoms with Crippen LogP contribution >= 0.6 is 0 Å². The standard InChI is InChI=1S/C20H26N6/c21-18-12-24-20-17(9-10-23-20)19(18)26(22)16-8-5-11-25(14-16)13-15-6-3-1-2-4-7-15/h1,3-4,6-7,9-10,12,16H,2,5,8,11,13-14,21-22H2,(H,23,24)/t16-/m1/s1. The Morgan fingerprint density at radius 1 is 1.35 bits per heavy atom. The summed E-state index contributed by atoms with van der Waals surface area (Å²) in [6.07, 6.45) is 17.7. The summed E-state index contributed by atoms with van der Waals surface area (Å²) in [6, 6.07) is 2.22. The van der Waals surface area contributed by atoms with Crippen molar-refractivity contribution in [1.82, 2.24) is 14.9 Å². The van der Waals surface area contributed by atoms with Crippen molar-refractivity contribution < 1.29 is 0 Å². The second kappa shape index (κ2) is 7.35. The molecule has 1 saturated heterocycles. The highest BCUT2D eigenvalue weighted by Crippen LogP contribution is 2.32. The van der Waals surface area contributed by atoms with Gasteiger partial charge in [-0.25, -0.2) is 10.8 Å². The fraction of sp³-hybridized carbons (Fsp3) is 0.350. The molecule has 1 aliphatic heterocycles. The Morgan fingerprint density at radius 3 is 3.19 bits per heavy atom. The lowest BCUT2D eigenvalue weighted by atomic mass is 10.0. The van der Waals surface area contributed by atoms with Crippen LogP contribution in [-0.2, 0) is 0 Å². The molecule has 6 heteroatoms. The van der Waals surface area contributed by atoms with Gasteiger partial charge in [0, 0.05) is 24.7 Å². The third-order valence-electron chi connectivity index (χ3n) is 5.18. The van der Waals surface area contributed by atoms with E-state index in [1.54, 1.807) is 6.20 Å². The molecule has 0 radical (unpaired) electrons. The molecule has 1 aliphatic carbocycles. The van der Waals surface area contributed by atoms with E-state index in [-0.39, 0.29) is 6.04 Å². The van der Waals surface area contributed by atoms with E-state index >= 15 is 0 Å². The van der Waals surface area contributed by atoms with E-state index in [0.717, 1.165) is 55.6 Å². The maximum Gasteiger partial charge on any atom is 0.139 e. The van der Waals surface area contributed by atoms with E-state index in [1.165, 1.54) is 5.57 Å². The Balaban J connectivity index is 1.52. The summed E-state index contributed by atoms with van der Waals surface area (Å²) < 4.78 is 0. The van der Waals surface area contributed by atoms with E-state index in [0.29, 0.717) is 5.69 Å². The smallest absolute Gasteiger partial charge is 0.139 e. The number of fused-ring (bicyclic) bond motifs is 1. The average molecular weight is 350 g/mol. The lowest BCUT2D eigenvalue weighted by molar-refractivity contribution is 0.220. The van der Waals surface area contributed by atoms with E-state index in [9.17, 15) is 0 Å². The average Bonchev–Trinajstić information content (AvgIpc) is 2.98. The van der Waals surface area contributed by atoms with Gasteiger partial charge in [-0.15, -0.1) is 0 Å². The summed E-state index contributed by atoms with van der Waals surface area (Å²) in [5, 5.41) is 2.83. The van der Waals surface area contributed by atoms with E-state index < -0.39 is 0 Å². The maximum atomic E-state index is 6.56. The van der Waals surface area contributed by atoms with Gasteiger partial charge in [0.1, 0.15) is 5.65 Å². The molecular formula is C20H26N6. The second-order valence-corrected chi connectivity index (χ2v) is 7.05. The number of H-pyrrole nitrogens is 1. The fourth-order valence-electron chi connectivity index (χ4n) is 3.87. The van der Waals surface area contributed by atoms with E-state index in [1.807, 2.05) is 17.3 Å². The number of piperidine rings is 1. The normalized spacial score (nSPS) is 21.0. The van der Waals surface area contributed by atoms with Gasteiger partial charge in [0.2, 0.25) is 0 Å². The summed E-state index contributed by atoms with van der Waals surface area (Å²) in [5.41, 5.74) is 9.88. The largest absolute Gasteiger partial charge is 0.396 e. The number of nitrogens with zero attached hydrogens (tertiary/aromatic N) is 3. The van der Waals surface area contributed by atoms with Crippen LogP contribution in [0.2, 0.25) is 0 Å². The molecular weight excluding hydrogens is 324 g/mol. The number of aromatic amines is 1. The maximum absolute atomic E-state index is 6.56. The molecule has 0 spiro atoms. The zero-order chi connectivity index (χ0) is 17.9. The van der Waals surface area contributed by atoms with E-state index in [2.05, 4.69) is 45.2 Å². The molecule has 1 fully saturated rings. The number of pyridine rings is 1. The lowest BCUT2D eigenvalue weighted by Gasteiger charge is -2.38. The molecule has 0 bridgehead atoms. The summed E-state index contributed by atoms with van der Waals surface area (Å²) in [5.74, 6) is 6.56. The third-order valence-corrected chi connectivity index (χ3v) is 5.18. The number of nitrogen functional groups attached to an aromatic ring is 1. The first kappa shape index (κ1) is 16.9. The second-order valence-electron chi connectivity index (χ2n) is 7.05. The number of aromatic nitrogens is 2. The van der Waals surface area contributed by atoms with Gasteiger partial charge in [0.15, 0.2) is 0 Å². The summed E-state index contributed by atoms with van der Waals surface area (Å²) >= 11 is 0. The first-order chi connectivity index (χ1) is 12.7. The van der Waals surface area contributed by atoms with E-state index in [4.69, 9.17) is 11.6 Å². The number of rotatable bonds is 4. The van der Waals surface area contributed by atoms with Crippen molar-refractivity contribution in [3.8, 4) is 0 Å². The van der Waals surface area contributed by atoms with Crippen LogP contribution in [0.1, 0.15) is 19.3 Å². The fourth-order valence-corrected chi connectivity index (χ4v) is 3.87. The molecule has 26 heavy (non-hydrogen) atoms. The molecule has 6 nitrogen and oxygen atoms in total. The van der Waals surface area contributed by atoms with Gasteiger partial charge in [-0.1, -0.05) is 30.4 Å². The van der Waals surface area contributed by atoms with Crippen molar-refractivity contribution >= 4 is 22.4 Å². The number of hydrogen-bond acceptors (Lipinski definition) is 5. The minimum absolute atomic E-state index is 0.234. The van der Waals surface area contributed by atoms with Crippen LogP contribution in [0.25, 0.3) is 11.0 Å². The van der Waals surface area contributed by atoms with Gasteiger partial charge in [0.05, 0.1) is 23.6 Å². The highest BCUT2D eigenvalue weighted by Gasteiger charge is 2.26. The van der Waals surface area contributed by atoms with Crippen LogP contribution in [0, 0.1) is 0 Å². The number of hydrazine groups is 1. The number of allylic oxidation sites excluding steroid dienone is 4. The van der Waals surface area contributed by atoms with Gasteiger partial charge in [-0.2, -0.15) is 0 Å². The van der Waals surface area contributed by atoms with Gasteiger partial charge < -0.3 is 15.7 Å². The number of nitrogens with one attached hydrogen (secondary N) is 1. The van der Waals surface area contributed by atoms with Crippen LogP contribution in [0.3, 0.4) is 0 Å². The number of anilines is 2. The molecule has 2 aromatic rings. The molecule has 0 unspecified atom stereocenters. The minimum atomic E-state index is 0.234. The van der Waals surface area contributed by atoms with Gasteiger partial charge in [-0.3, -0.25) is 4.90 Å². The Bertz CT molecular complexity index is 862. The number of likely N-dealkylation sites (tertiary alicyclic amines) is 1. The molecule has 0 amide bonds. The molecule has 3 heterocycles. The zero-order valence-electron chi connectivity index (χ0n) is 14.9. The van der Waals surface area contributed by atoms with Crippen LogP contribution in [-0.4, -0.2) is 40.5 Å². The van der Waals surface area contributed by atoms with Crippen molar-refractivity contribution in [2.24, 2.45) is 5.84 Å². The molecule has 4 rings (SSSR count). The number of hydrogen-bond donors (Lipinski definition) is 3. The number of nitrogens with two attached hydrogens (primary N) is 2. The Morgan fingerprint density at radius 2 is 2.27 bits per heavy atom.